The number of halogens is 1. The third kappa shape index (κ3) is 4.46. The fourth-order valence-corrected chi connectivity index (χ4v) is 3.61. The Hall–Kier alpha value is -1.57. The molecule has 0 unspecified atom stereocenters. The number of hydrogen-bond acceptors (Lipinski definition) is 4. The molecule has 0 amide bonds. The minimum atomic E-state index is -3.27. The first-order valence-corrected chi connectivity index (χ1v) is 9.26. The predicted octanol–water partition coefficient (Wildman–Crippen LogP) is 2.06. The lowest BCUT2D eigenvalue weighted by atomic mass is 10.1. The summed E-state index contributed by atoms with van der Waals surface area (Å²) in [7, 11) is -1.76. The number of benzene rings is 1. The SMILES string of the molecule is CCCS(=O)(=O)NCCc1cc2cc(OC)c(Cl)cc2[nH]c1=O. The maximum absolute atomic E-state index is 12.1. The van der Waals surface area contributed by atoms with Crippen molar-refractivity contribution in [2.45, 2.75) is 19.8 Å². The molecule has 8 heteroatoms. The summed E-state index contributed by atoms with van der Waals surface area (Å²) >= 11 is 6.04. The number of aromatic amines is 1. The van der Waals surface area contributed by atoms with Crippen molar-refractivity contribution in [3.63, 3.8) is 0 Å². The summed E-state index contributed by atoms with van der Waals surface area (Å²) in [6, 6.07) is 5.09. The highest BCUT2D eigenvalue weighted by atomic mass is 35.5. The molecule has 126 valence electrons. The molecule has 2 N–H and O–H groups in total. The summed E-state index contributed by atoms with van der Waals surface area (Å²) in [4.78, 5) is 14.8. The van der Waals surface area contributed by atoms with Gasteiger partial charge in [0, 0.05) is 17.5 Å². The Balaban J connectivity index is 2.23. The molecule has 2 rings (SSSR count). The molecule has 1 heterocycles. The van der Waals surface area contributed by atoms with E-state index in [-0.39, 0.29) is 17.9 Å². The van der Waals surface area contributed by atoms with E-state index in [0.717, 1.165) is 5.39 Å². The zero-order chi connectivity index (χ0) is 17.0. The van der Waals surface area contributed by atoms with Gasteiger partial charge in [0.2, 0.25) is 10.0 Å². The first-order chi connectivity index (χ1) is 10.9. The van der Waals surface area contributed by atoms with Crippen LogP contribution in [0.2, 0.25) is 5.02 Å². The Morgan fingerprint density at radius 3 is 2.70 bits per heavy atom. The molecule has 6 nitrogen and oxygen atoms in total. The van der Waals surface area contributed by atoms with Crippen molar-refractivity contribution in [2.24, 2.45) is 0 Å². The molecule has 0 saturated carbocycles. The van der Waals surface area contributed by atoms with Crippen LogP contribution in [0.15, 0.2) is 23.0 Å². The van der Waals surface area contributed by atoms with Crippen molar-refractivity contribution in [1.29, 1.82) is 0 Å². The van der Waals surface area contributed by atoms with E-state index in [2.05, 4.69) is 9.71 Å². The quantitative estimate of drug-likeness (QED) is 0.793. The minimum absolute atomic E-state index is 0.0801. The lowest BCUT2D eigenvalue weighted by Crippen LogP contribution is -2.29. The van der Waals surface area contributed by atoms with Crippen LogP contribution in [0.3, 0.4) is 0 Å². The van der Waals surface area contributed by atoms with E-state index in [1.165, 1.54) is 7.11 Å². The number of nitrogens with one attached hydrogen (secondary N) is 2. The summed E-state index contributed by atoms with van der Waals surface area (Å²) in [6.45, 7) is 1.98. The van der Waals surface area contributed by atoms with Crippen LogP contribution in [0, 0.1) is 0 Å². The van der Waals surface area contributed by atoms with Crippen LogP contribution in [0.1, 0.15) is 18.9 Å². The molecule has 23 heavy (non-hydrogen) atoms. The number of fused-ring (bicyclic) bond motifs is 1. The standard InChI is InChI=1S/C15H19ClN2O4S/c1-3-6-23(20,21)17-5-4-10-7-11-8-14(22-2)12(16)9-13(11)18-15(10)19/h7-9,17H,3-6H2,1-2H3,(H,18,19). The van der Waals surface area contributed by atoms with Gasteiger partial charge in [0.05, 0.1) is 23.4 Å². The number of pyridine rings is 1. The first-order valence-electron chi connectivity index (χ1n) is 7.23. The largest absolute Gasteiger partial charge is 0.495 e. The van der Waals surface area contributed by atoms with E-state index in [0.29, 0.717) is 34.7 Å². The van der Waals surface area contributed by atoms with Gasteiger partial charge >= 0.3 is 0 Å². The highest BCUT2D eigenvalue weighted by Gasteiger charge is 2.10. The minimum Gasteiger partial charge on any atom is -0.495 e. The number of hydrogen-bond donors (Lipinski definition) is 2. The number of sulfonamides is 1. The average molecular weight is 359 g/mol. The zero-order valence-electron chi connectivity index (χ0n) is 13.0. The fraction of sp³-hybridized carbons (Fsp3) is 0.400. The van der Waals surface area contributed by atoms with Crippen LogP contribution < -0.4 is 15.0 Å². The highest BCUT2D eigenvalue weighted by Crippen LogP contribution is 2.28. The second-order valence-electron chi connectivity index (χ2n) is 5.16. The molecular formula is C15H19ClN2O4S. The van der Waals surface area contributed by atoms with Crippen LogP contribution >= 0.6 is 11.6 Å². The van der Waals surface area contributed by atoms with E-state index >= 15 is 0 Å². The summed E-state index contributed by atoms with van der Waals surface area (Å²) in [5.74, 6) is 0.595. The third-order valence-electron chi connectivity index (χ3n) is 3.38. The molecule has 0 aliphatic rings. The Labute approximate surface area is 139 Å². The zero-order valence-corrected chi connectivity index (χ0v) is 14.6. The third-order valence-corrected chi connectivity index (χ3v) is 5.27. The second-order valence-corrected chi connectivity index (χ2v) is 7.49. The van der Waals surface area contributed by atoms with Gasteiger partial charge in [-0.3, -0.25) is 4.79 Å². The predicted molar refractivity (Wildman–Crippen MR) is 91.9 cm³/mol. The van der Waals surface area contributed by atoms with Crippen LogP contribution in [-0.2, 0) is 16.4 Å². The van der Waals surface area contributed by atoms with Gasteiger partial charge < -0.3 is 9.72 Å². The van der Waals surface area contributed by atoms with E-state index in [9.17, 15) is 13.2 Å². The molecule has 1 aromatic heterocycles. The van der Waals surface area contributed by atoms with E-state index < -0.39 is 10.0 Å². The van der Waals surface area contributed by atoms with E-state index in [1.54, 1.807) is 25.1 Å². The first kappa shape index (κ1) is 17.8. The van der Waals surface area contributed by atoms with Gasteiger partial charge in [-0.1, -0.05) is 18.5 Å². The number of aromatic nitrogens is 1. The molecule has 0 atom stereocenters. The molecule has 0 aliphatic carbocycles. The molecule has 2 aromatic rings. The smallest absolute Gasteiger partial charge is 0.251 e. The molecular weight excluding hydrogens is 340 g/mol. The van der Waals surface area contributed by atoms with Crippen molar-refractivity contribution < 1.29 is 13.2 Å². The molecule has 0 saturated heterocycles. The van der Waals surface area contributed by atoms with Gasteiger partial charge in [0.25, 0.3) is 5.56 Å². The molecule has 0 aliphatic heterocycles. The molecule has 0 bridgehead atoms. The van der Waals surface area contributed by atoms with Crippen LogP contribution in [0.5, 0.6) is 5.75 Å². The van der Waals surface area contributed by atoms with E-state index in [1.807, 2.05) is 0 Å². The number of ether oxygens (including phenoxy) is 1. The topological polar surface area (TPSA) is 88.3 Å². The number of rotatable bonds is 7. The normalized spacial score (nSPS) is 11.8. The van der Waals surface area contributed by atoms with Crippen molar-refractivity contribution in [3.05, 3.63) is 39.1 Å². The molecule has 0 fully saturated rings. The van der Waals surface area contributed by atoms with Crippen molar-refractivity contribution in [3.8, 4) is 5.75 Å². The van der Waals surface area contributed by atoms with Gasteiger partial charge in [-0.15, -0.1) is 0 Å². The molecule has 0 radical (unpaired) electrons. The van der Waals surface area contributed by atoms with Gasteiger partial charge in [-0.05, 0) is 31.0 Å². The van der Waals surface area contributed by atoms with Gasteiger partial charge in [-0.2, -0.15) is 0 Å². The van der Waals surface area contributed by atoms with Crippen LogP contribution in [0.25, 0.3) is 10.9 Å². The Morgan fingerprint density at radius 2 is 2.04 bits per heavy atom. The van der Waals surface area contributed by atoms with Crippen molar-refractivity contribution >= 4 is 32.5 Å². The second kappa shape index (κ2) is 7.33. The lowest BCUT2D eigenvalue weighted by Gasteiger charge is -2.08. The number of methoxy groups -OCH3 is 1. The molecule has 1 aromatic carbocycles. The number of H-pyrrole nitrogens is 1. The summed E-state index contributed by atoms with van der Waals surface area (Å²) < 4.78 is 30.9. The molecule has 0 spiro atoms. The summed E-state index contributed by atoms with van der Waals surface area (Å²) in [5.41, 5.74) is 0.852. The summed E-state index contributed by atoms with van der Waals surface area (Å²) in [6.07, 6.45) is 0.853. The average Bonchev–Trinajstić information content (AvgIpc) is 2.47. The summed E-state index contributed by atoms with van der Waals surface area (Å²) in [5, 5.41) is 1.19. The Kier molecular flexibility index (Phi) is 5.67. The Bertz CT molecular complexity index is 862. The maximum Gasteiger partial charge on any atom is 0.251 e. The van der Waals surface area contributed by atoms with Crippen molar-refractivity contribution in [1.82, 2.24) is 9.71 Å². The van der Waals surface area contributed by atoms with Gasteiger partial charge in [0.1, 0.15) is 5.75 Å². The van der Waals surface area contributed by atoms with E-state index in [4.69, 9.17) is 16.3 Å². The highest BCUT2D eigenvalue weighted by molar-refractivity contribution is 7.89. The lowest BCUT2D eigenvalue weighted by molar-refractivity contribution is 0.415. The van der Waals surface area contributed by atoms with Gasteiger partial charge in [0.15, 0.2) is 0 Å². The van der Waals surface area contributed by atoms with Crippen LogP contribution in [0.4, 0.5) is 0 Å². The van der Waals surface area contributed by atoms with Gasteiger partial charge in [-0.25, -0.2) is 13.1 Å². The monoisotopic (exact) mass is 358 g/mol. The van der Waals surface area contributed by atoms with Crippen LogP contribution in [-0.4, -0.2) is 32.8 Å². The Morgan fingerprint density at radius 1 is 1.30 bits per heavy atom. The van der Waals surface area contributed by atoms with Crippen molar-refractivity contribution in [2.75, 3.05) is 19.4 Å². The fourth-order valence-electron chi connectivity index (χ4n) is 2.28. The maximum atomic E-state index is 12.1.